The SMILES string of the molecule is COC(=O)CC[C@H]1CN(c2ccc(N3CC4(COC4)C3)c(F)c2)C(=O)O1. The topological polar surface area (TPSA) is 68.3 Å². The van der Waals surface area contributed by atoms with E-state index in [4.69, 9.17) is 9.47 Å². The van der Waals surface area contributed by atoms with Gasteiger partial charge in [-0.2, -0.15) is 0 Å². The van der Waals surface area contributed by atoms with Crippen LogP contribution in [0.3, 0.4) is 0 Å². The first-order valence-electron chi connectivity index (χ1n) is 8.67. The lowest BCUT2D eigenvalue weighted by molar-refractivity contribution is -0.141. The summed E-state index contributed by atoms with van der Waals surface area (Å²) < 4.78 is 29.6. The smallest absolute Gasteiger partial charge is 0.414 e. The molecular formula is C18H21FN2O5. The van der Waals surface area contributed by atoms with Gasteiger partial charge in [0.25, 0.3) is 0 Å². The molecule has 0 aromatic heterocycles. The van der Waals surface area contributed by atoms with Crippen molar-refractivity contribution < 1.29 is 28.2 Å². The molecule has 3 aliphatic rings. The number of methoxy groups -OCH3 is 1. The van der Waals surface area contributed by atoms with E-state index in [-0.39, 0.29) is 23.6 Å². The van der Waals surface area contributed by atoms with Crippen LogP contribution in [0.1, 0.15) is 12.8 Å². The number of hydrogen-bond acceptors (Lipinski definition) is 6. The van der Waals surface area contributed by atoms with Gasteiger partial charge in [0.2, 0.25) is 0 Å². The lowest BCUT2D eigenvalue weighted by atomic mass is 9.78. The number of carbonyl (C=O) groups excluding carboxylic acids is 2. The van der Waals surface area contributed by atoms with Gasteiger partial charge in [-0.25, -0.2) is 9.18 Å². The Morgan fingerprint density at radius 3 is 2.77 bits per heavy atom. The molecule has 1 amide bonds. The normalized spacial score (nSPS) is 23.5. The molecule has 1 spiro atoms. The van der Waals surface area contributed by atoms with Crippen molar-refractivity contribution in [3.05, 3.63) is 24.0 Å². The maximum Gasteiger partial charge on any atom is 0.414 e. The minimum Gasteiger partial charge on any atom is -0.469 e. The van der Waals surface area contributed by atoms with Crippen molar-refractivity contribution in [3.8, 4) is 0 Å². The third-order valence-corrected chi connectivity index (χ3v) is 5.22. The number of rotatable bonds is 5. The zero-order valence-corrected chi connectivity index (χ0v) is 14.6. The van der Waals surface area contributed by atoms with Gasteiger partial charge in [0.15, 0.2) is 0 Å². The number of hydrogen-bond donors (Lipinski definition) is 0. The van der Waals surface area contributed by atoms with Gasteiger partial charge in [0.1, 0.15) is 11.9 Å². The van der Waals surface area contributed by atoms with E-state index in [2.05, 4.69) is 4.74 Å². The Kier molecular flexibility index (Phi) is 4.22. The van der Waals surface area contributed by atoms with Crippen molar-refractivity contribution in [2.75, 3.05) is 49.8 Å². The van der Waals surface area contributed by atoms with Crippen LogP contribution in [0.15, 0.2) is 18.2 Å². The number of halogens is 1. The summed E-state index contributed by atoms with van der Waals surface area (Å²) in [6.07, 6.45) is -0.372. The van der Waals surface area contributed by atoms with Crippen molar-refractivity contribution in [2.45, 2.75) is 18.9 Å². The molecule has 26 heavy (non-hydrogen) atoms. The van der Waals surface area contributed by atoms with Crippen LogP contribution in [0.2, 0.25) is 0 Å². The van der Waals surface area contributed by atoms with E-state index < -0.39 is 12.2 Å². The Hall–Kier alpha value is -2.35. The van der Waals surface area contributed by atoms with E-state index in [0.717, 1.165) is 26.3 Å². The fourth-order valence-electron chi connectivity index (χ4n) is 3.69. The zero-order valence-electron chi connectivity index (χ0n) is 14.6. The molecular weight excluding hydrogens is 343 g/mol. The molecule has 0 bridgehead atoms. The number of ether oxygens (including phenoxy) is 3. The average Bonchev–Trinajstić information content (AvgIpc) is 2.92. The van der Waals surface area contributed by atoms with Gasteiger partial charge in [-0.15, -0.1) is 0 Å². The maximum atomic E-state index is 14.6. The van der Waals surface area contributed by atoms with E-state index in [1.54, 1.807) is 12.1 Å². The molecule has 0 N–H and O–H groups in total. The fraction of sp³-hybridized carbons (Fsp3) is 0.556. The molecule has 140 valence electrons. The molecule has 8 heteroatoms. The molecule has 7 nitrogen and oxygen atoms in total. The van der Waals surface area contributed by atoms with Gasteiger partial charge in [0, 0.05) is 19.5 Å². The minimum atomic E-state index is -0.526. The highest BCUT2D eigenvalue weighted by molar-refractivity contribution is 5.90. The van der Waals surface area contributed by atoms with E-state index in [0.29, 0.717) is 24.3 Å². The highest BCUT2D eigenvalue weighted by Gasteiger charge is 2.49. The van der Waals surface area contributed by atoms with Crippen LogP contribution in [-0.2, 0) is 19.0 Å². The van der Waals surface area contributed by atoms with Gasteiger partial charge in [-0.1, -0.05) is 0 Å². The molecule has 0 aliphatic carbocycles. The molecule has 0 saturated carbocycles. The summed E-state index contributed by atoms with van der Waals surface area (Å²) in [5.41, 5.74) is 1.21. The predicted octanol–water partition coefficient (Wildman–Crippen LogP) is 1.94. The Bertz CT molecular complexity index is 728. The second-order valence-corrected chi connectivity index (χ2v) is 7.22. The molecule has 3 heterocycles. The number of esters is 1. The van der Waals surface area contributed by atoms with Gasteiger partial charge >= 0.3 is 12.1 Å². The van der Waals surface area contributed by atoms with E-state index >= 15 is 0 Å². The van der Waals surface area contributed by atoms with Crippen LogP contribution in [0.4, 0.5) is 20.6 Å². The standard InChI is InChI=1S/C18H21FN2O5/c1-24-16(22)5-3-13-7-21(17(23)26-13)12-2-4-15(14(19)6-12)20-8-18(9-20)10-25-11-18/h2,4,6,13H,3,5,7-11H2,1H3/t13-/m0/s1. The molecule has 3 aliphatic heterocycles. The quantitative estimate of drug-likeness (QED) is 0.744. The Balaban J connectivity index is 1.39. The Morgan fingerprint density at radius 2 is 2.15 bits per heavy atom. The molecule has 0 radical (unpaired) electrons. The highest BCUT2D eigenvalue weighted by Crippen LogP contribution is 2.41. The first-order chi connectivity index (χ1) is 12.5. The van der Waals surface area contributed by atoms with Gasteiger partial charge in [-0.3, -0.25) is 9.69 Å². The fourth-order valence-corrected chi connectivity index (χ4v) is 3.69. The molecule has 1 atom stereocenters. The Morgan fingerprint density at radius 1 is 1.38 bits per heavy atom. The summed E-state index contributed by atoms with van der Waals surface area (Å²) in [7, 11) is 1.32. The van der Waals surface area contributed by atoms with Crippen molar-refractivity contribution >= 4 is 23.4 Å². The summed E-state index contributed by atoms with van der Waals surface area (Å²) >= 11 is 0. The minimum absolute atomic E-state index is 0.177. The van der Waals surface area contributed by atoms with Crippen LogP contribution < -0.4 is 9.80 Å². The van der Waals surface area contributed by atoms with Crippen molar-refractivity contribution in [1.82, 2.24) is 0 Å². The average molecular weight is 364 g/mol. The zero-order chi connectivity index (χ0) is 18.3. The van der Waals surface area contributed by atoms with Gasteiger partial charge in [-0.05, 0) is 24.6 Å². The van der Waals surface area contributed by atoms with Gasteiger partial charge < -0.3 is 19.1 Å². The van der Waals surface area contributed by atoms with E-state index in [9.17, 15) is 14.0 Å². The molecule has 1 aromatic rings. The largest absolute Gasteiger partial charge is 0.469 e. The summed E-state index contributed by atoms with van der Waals surface area (Å²) in [5.74, 6) is -0.706. The number of cyclic esters (lactones) is 1. The molecule has 3 fully saturated rings. The Labute approximate surface area is 150 Å². The summed E-state index contributed by atoms with van der Waals surface area (Å²) in [6.45, 7) is 3.37. The number of nitrogens with zero attached hydrogens (tertiary/aromatic N) is 2. The number of benzene rings is 1. The number of amides is 1. The molecule has 0 unspecified atom stereocenters. The molecule has 4 rings (SSSR count). The lowest BCUT2D eigenvalue weighted by Crippen LogP contribution is -2.66. The molecule has 3 saturated heterocycles. The summed E-state index contributed by atoms with van der Waals surface area (Å²) in [6, 6.07) is 4.79. The second-order valence-electron chi connectivity index (χ2n) is 7.22. The third kappa shape index (κ3) is 2.98. The monoisotopic (exact) mass is 364 g/mol. The van der Waals surface area contributed by atoms with Crippen LogP contribution in [0, 0.1) is 11.2 Å². The maximum absolute atomic E-state index is 14.6. The van der Waals surface area contributed by atoms with E-state index in [1.807, 2.05) is 4.90 Å². The second kappa shape index (κ2) is 6.42. The number of anilines is 2. The van der Waals surface area contributed by atoms with Crippen molar-refractivity contribution in [3.63, 3.8) is 0 Å². The predicted molar refractivity (Wildman–Crippen MR) is 90.7 cm³/mol. The van der Waals surface area contributed by atoms with Crippen LogP contribution in [0.25, 0.3) is 0 Å². The van der Waals surface area contributed by atoms with Gasteiger partial charge in [0.05, 0.1) is 43.7 Å². The summed E-state index contributed by atoms with van der Waals surface area (Å²) in [4.78, 5) is 26.7. The van der Waals surface area contributed by atoms with Crippen molar-refractivity contribution in [2.24, 2.45) is 5.41 Å². The van der Waals surface area contributed by atoms with Crippen LogP contribution in [-0.4, -0.2) is 58.1 Å². The highest BCUT2D eigenvalue weighted by atomic mass is 19.1. The van der Waals surface area contributed by atoms with E-state index in [1.165, 1.54) is 18.1 Å². The molecule has 1 aromatic carbocycles. The summed E-state index contributed by atoms with van der Waals surface area (Å²) in [5, 5.41) is 0. The first-order valence-corrected chi connectivity index (χ1v) is 8.67. The lowest BCUT2D eigenvalue weighted by Gasteiger charge is -2.56. The van der Waals surface area contributed by atoms with Crippen LogP contribution in [0.5, 0.6) is 0 Å². The van der Waals surface area contributed by atoms with Crippen LogP contribution >= 0.6 is 0 Å². The third-order valence-electron chi connectivity index (χ3n) is 5.22. The first kappa shape index (κ1) is 17.1. The number of carbonyl (C=O) groups is 2. The van der Waals surface area contributed by atoms with Crippen molar-refractivity contribution in [1.29, 1.82) is 0 Å².